The lowest BCUT2D eigenvalue weighted by molar-refractivity contribution is -0.384. The number of nitrogens with one attached hydrogen (secondary N) is 1. The molecule has 10 heteroatoms. The molecule has 0 fully saturated rings. The predicted molar refractivity (Wildman–Crippen MR) is 118 cm³/mol. The molecule has 0 saturated carbocycles. The van der Waals surface area contributed by atoms with Crippen molar-refractivity contribution >= 4 is 24.6 Å². The van der Waals surface area contributed by atoms with E-state index in [1.54, 1.807) is 13.8 Å². The first kappa shape index (κ1) is 22.7. The third-order valence-electron chi connectivity index (χ3n) is 4.33. The van der Waals surface area contributed by atoms with Crippen LogP contribution in [0.1, 0.15) is 19.4 Å². The van der Waals surface area contributed by atoms with Crippen LogP contribution in [0.2, 0.25) is 0 Å². The Kier molecular flexibility index (Phi) is 7.57. The summed E-state index contributed by atoms with van der Waals surface area (Å²) in [5.41, 5.74) is 1.63. The van der Waals surface area contributed by atoms with E-state index in [-0.39, 0.29) is 36.1 Å². The van der Waals surface area contributed by atoms with Crippen LogP contribution in [0.5, 0.6) is 0 Å². The Morgan fingerprint density at radius 3 is 2.29 bits per heavy atom. The summed E-state index contributed by atoms with van der Waals surface area (Å²) in [7, 11) is -3.72. The van der Waals surface area contributed by atoms with E-state index < -0.39 is 12.5 Å². The minimum atomic E-state index is -3.72. The molecular weight excluding hydrogens is 421 g/mol. The molecule has 0 aliphatic heterocycles. The average Bonchev–Trinajstić information content (AvgIpc) is 3.20. The molecule has 0 saturated heterocycles. The predicted octanol–water partition coefficient (Wildman–Crippen LogP) is 4.80. The Morgan fingerprint density at radius 1 is 1.06 bits per heavy atom. The van der Waals surface area contributed by atoms with Crippen LogP contribution >= 0.6 is 7.60 Å². The Labute approximate surface area is 180 Å². The molecule has 2 aromatic carbocycles. The molecule has 31 heavy (non-hydrogen) atoms. The van der Waals surface area contributed by atoms with Crippen molar-refractivity contribution in [2.75, 3.05) is 25.1 Å². The number of nitro benzene ring substituents is 1. The number of oxazole rings is 1. The van der Waals surface area contributed by atoms with Crippen molar-refractivity contribution in [3.05, 3.63) is 70.3 Å². The molecule has 0 aliphatic carbocycles. The van der Waals surface area contributed by atoms with Gasteiger partial charge in [-0.3, -0.25) is 14.7 Å². The van der Waals surface area contributed by atoms with Gasteiger partial charge in [-0.25, -0.2) is 0 Å². The standard InChI is InChI=1S/C21H24N3O6P/c1-3-28-31(27,29-4-2)21-20(22-15-14-16-8-6-5-7-9-16)30-19(23-21)17-10-12-18(13-11-17)24(25)26/h5-13,22H,3-4,14-15H2,1-2H3. The lowest BCUT2D eigenvalue weighted by Gasteiger charge is -2.15. The van der Waals surface area contributed by atoms with Gasteiger partial charge in [0.25, 0.3) is 5.69 Å². The topological polar surface area (TPSA) is 117 Å². The number of anilines is 1. The largest absolute Gasteiger partial charge is 0.420 e. The quantitative estimate of drug-likeness (QED) is 0.254. The summed E-state index contributed by atoms with van der Waals surface area (Å²) in [6, 6.07) is 15.6. The summed E-state index contributed by atoms with van der Waals surface area (Å²) in [5, 5.41) is 14.0. The van der Waals surface area contributed by atoms with Crippen LogP contribution in [0.25, 0.3) is 11.5 Å². The van der Waals surface area contributed by atoms with Crippen LogP contribution in [0, 0.1) is 10.1 Å². The number of hydrogen-bond acceptors (Lipinski definition) is 8. The van der Waals surface area contributed by atoms with Gasteiger partial charge in [-0.05, 0) is 38.0 Å². The Balaban J connectivity index is 1.92. The first-order valence-electron chi connectivity index (χ1n) is 9.90. The van der Waals surface area contributed by atoms with Gasteiger partial charge in [0, 0.05) is 24.2 Å². The summed E-state index contributed by atoms with van der Waals surface area (Å²) in [6.07, 6.45) is 0.710. The molecule has 3 aromatic rings. The zero-order chi connectivity index (χ0) is 22.3. The van der Waals surface area contributed by atoms with Crippen molar-refractivity contribution < 1.29 is 23.0 Å². The lowest BCUT2D eigenvalue weighted by atomic mass is 10.1. The van der Waals surface area contributed by atoms with Crippen LogP contribution in [0.3, 0.4) is 0 Å². The molecule has 0 amide bonds. The minimum absolute atomic E-state index is 0.0500. The van der Waals surface area contributed by atoms with E-state index in [2.05, 4.69) is 10.3 Å². The molecule has 1 N–H and O–H groups in total. The Morgan fingerprint density at radius 2 is 1.71 bits per heavy atom. The summed E-state index contributed by atoms with van der Waals surface area (Å²) in [6.45, 7) is 4.27. The highest BCUT2D eigenvalue weighted by atomic mass is 31.2. The highest BCUT2D eigenvalue weighted by Crippen LogP contribution is 2.49. The summed E-state index contributed by atoms with van der Waals surface area (Å²) < 4.78 is 30.1. The molecule has 0 unspecified atom stereocenters. The summed E-state index contributed by atoms with van der Waals surface area (Å²) in [5.74, 6) is 0.348. The molecule has 0 spiro atoms. The number of non-ortho nitro benzene ring substituents is 1. The highest BCUT2D eigenvalue weighted by molar-refractivity contribution is 7.62. The molecule has 9 nitrogen and oxygen atoms in total. The Bertz CT molecular complexity index is 1040. The monoisotopic (exact) mass is 445 g/mol. The fourth-order valence-electron chi connectivity index (χ4n) is 2.93. The first-order chi connectivity index (χ1) is 15.0. The molecule has 0 aliphatic rings. The van der Waals surface area contributed by atoms with Crippen LogP contribution in [0.4, 0.5) is 11.6 Å². The van der Waals surface area contributed by atoms with Crippen molar-refractivity contribution in [1.29, 1.82) is 0 Å². The van der Waals surface area contributed by atoms with Crippen LogP contribution < -0.4 is 10.8 Å². The maximum atomic E-state index is 13.4. The van der Waals surface area contributed by atoms with Crippen molar-refractivity contribution in [2.24, 2.45) is 0 Å². The van der Waals surface area contributed by atoms with E-state index >= 15 is 0 Å². The third-order valence-corrected chi connectivity index (χ3v) is 6.35. The van der Waals surface area contributed by atoms with Gasteiger partial charge in [0.1, 0.15) is 0 Å². The van der Waals surface area contributed by atoms with Crippen molar-refractivity contribution in [3.63, 3.8) is 0 Å². The molecule has 164 valence electrons. The van der Waals surface area contributed by atoms with Gasteiger partial charge in [-0.15, -0.1) is 0 Å². The molecule has 0 radical (unpaired) electrons. The van der Waals surface area contributed by atoms with E-state index in [4.69, 9.17) is 13.5 Å². The smallest absolute Gasteiger partial charge is 0.385 e. The highest BCUT2D eigenvalue weighted by Gasteiger charge is 2.35. The number of rotatable bonds is 11. The zero-order valence-corrected chi connectivity index (χ0v) is 18.2. The van der Waals surface area contributed by atoms with E-state index in [1.807, 2.05) is 30.3 Å². The summed E-state index contributed by atoms with van der Waals surface area (Å²) >= 11 is 0. The molecule has 0 atom stereocenters. The fraction of sp³-hybridized carbons (Fsp3) is 0.286. The maximum absolute atomic E-state index is 13.4. The second kappa shape index (κ2) is 10.3. The molecule has 0 bridgehead atoms. The van der Waals surface area contributed by atoms with E-state index in [0.717, 1.165) is 5.56 Å². The average molecular weight is 445 g/mol. The number of benzene rings is 2. The zero-order valence-electron chi connectivity index (χ0n) is 17.3. The van der Waals surface area contributed by atoms with Gasteiger partial charge in [0.05, 0.1) is 18.1 Å². The van der Waals surface area contributed by atoms with Crippen LogP contribution in [-0.4, -0.2) is 29.7 Å². The van der Waals surface area contributed by atoms with Gasteiger partial charge >= 0.3 is 7.60 Å². The van der Waals surface area contributed by atoms with E-state index in [9.17, 15) is 14.7 Å². The molecular formula is C21H24N3O6P. The SMILES string of the molecule is CCOP(=O)(OCC)c1nc(-c2ccc([N+](=O)[O-])cc2)oc1NCCc1ccccc1. The van der Waals surface area contributed by atoms with E-state index in [0.29, 0.717) is 18.5 Å². The van der Waals surface area contributed by atoms with Crippen molar-refractivity contribution in [1.82, 2.24) is 4.98 Å². The number of nitrogens with zero attached hydrogens (tertiary/aromatic N) is 2. The lowest BCUT2D eigenvalue weighted by Crippen LogP contribution is -2.17. The van der Waals surface area contributed by atoms with Crippen molar-refractivity contribution in [2.45, 2.75) is 20.3 Å². The maximum Gasteiger partial charge on any atom is 0.385 e. The molecule has 1 heterocycles. The van der Waals surface area contributed by atoms with E-state index in [1.165, 1.54) is 24.3 Å². The number of hydrogen-bond donors (Lipinski definition) is 1. The molecule has 1 aromatic heterocycles. The third kappa shape index (κ3) is 5.58. The second-order valence-corrected chi connectivity index (χ2v) is 8.41. The fourth-order valence-corrected chi connectivity index (χ4v) is 4.51. The van der Waals surface area contributed by atoms with Gasteiger partial charge in [0.2, 0.25) is 17.2 Å². The van der Waals surface area contributed by atoms with Gasteiger partial charge < -0.3 is 18.8 Å². The van der Waals surface area contributed by atoms with Gasteiger partial charge in [-0.2, -0.15) is 4.98 Å². The minimum Gasteiger partial charge on any atom is -0.420 e. The summed E-state index contributed by atoms with van der Waals surface area (Å²) in [4.78, 5) is 14.8. The van der Waals surface area contributed by atoms with Crippen LogP contribution in [0.15, 0.2) is 59.0 Å². The van der Waals surface area contributed by atoms with Crippen molar-refractivity contribution in [3.8, 4) is 11.5 Å². The van der Waals surface area contributed by atoms with Crippen LogP contribution in [-0.2, 0) is 20.0 Å². The second-order valence-electron chi connectivity index (χ2n) is 6.47. The first-order valence-corrected chi connectivity index (χ1v) is 11.4. The number of nitro groups is 1. The number of aromatic nitrogens is 1. The van der Waals surface area contributed by atoms with Gasteiger partial charge in [0.15, 0.2) is 0 Å². The van der Waals surface area contributed by atoms with Gasteiger partial charge in [-0.1, -0.05) is 30.3 Å². The Hall–Kier alpha value is -3.00. The molecule has 3 rings (SSSR count). The normalized spacial score (nSPS) is 11.4.